The number of carbonyl (C=O) groups is 3. The third kappa shape index (κ3) is 4.47. The van der Waals surface area contributed by atoms with Gasteiger partial charge < -0.3 is 26.0 Å². The van der Waals surface area contributed by atoms with Gasteiger partial charge in [-0.05, 0) is 29.8 Å². The van der Waals surface area contributed by atoms with Crippen molar-refractivity contribution >= 4 is 29.1 Å². The second-order valence-electron chi connectivity index (χ2n) is 7.84. The minimum Gasteiger partial charge on any atom is -0.396 e. The highest BCUT2D eigenvalue weighted by atomic mass is 16.3. The summed E-state index contributed by atoms with van der Waals surface area (Å²) in [6.07, 6.45) is 3.23. The van der Waals surface area contributed by atoms with Gasteiger partial charge in [0.15, 0.2) is 5.78 Å². The fourth-order valence-corrected chi connectivity index (χ4v) is 4.19. The average molecular weight is 435 g/mol. The number of rotatable bonds is 6. The van der Waals surface area contributed by atoms with Crippen molar-refractivity contribution in [1.82, 2.24) is 15.2 Å². The Morgan fingerprint density at radius 1 is 1.25 bits per heavy atom. The first kappa shape index (κ1) is 21.5. The first-order valence-corrected chi connectivity index (χ1v) is 10.4. The predicted molar refractivity (Wildman–Crippen MR) is 118 cm³/mol. The Labute approximate surface area is 185 Å². The van der Waals surface area contributed by atoms with Crippen molar-refractivity contribution in [1.29, 1.82) is 0 Å². The van der Waals surface area contributed by atoms with Crippen molar-refractivity contribution < 1.29 is 19.5 Å². The number of nitrogens with zero attached hydrogens (tertiary/aromatic N) is 2. The summed E-state index contributed by atoms with van der Waals surface area (Å²) in [4.78, 5) is 42.4. The Bertz CT molecular complexity index is 1060. The van der Waals surface area contributed by atoms with Gasteiger partial charge in [-0.15, -0.1) is 0 Å². The number of benzene rings is 1. The van der Waals surface area contributed by atoms with Gasteiger partial charge >= 0.3 is 0 Å². The lowest BCUT2D eigenvalue weighted by atomic mass is 9.88. The maximum Gasteiger partial charge on any atom is 0.229 e. The maximum atomic E-state index is 13.1. The molecule has 166 valence electrons. The molecule has 3 unspecified atom stereocenters. The Hall–Kier alpha value is -3.72. The molecule has 9 heteroatoms. The Morgan fingerprint density at radius 3 is 2.75 bits per heavy atom. The lowest BCUT2D eigenvalue weighted by Gasteiger charge is -2.29. The highest BCUT2D eigenvalue weighted by molar-refractivity contribution is 5.93. The molecule has 1 aromatic carbocycles. The van der Waals surface area contributed by atoms with Crippen LogP contribution in [0.1, 0.15) is 24.9 Å². The predicted octanol–water partition coefficient (Wildman–Crippen LogP) is 1.42. The summed E-state index contributed by atoms with van der Waals surface area (Å²) >= 11 is 0. The summed E-state index contributed by atoms with van der Waals surface area (Å²) < 4.78 is 0. The van der Waals surface area contributed by atoms with Crippen molar-refractivity contribution in [2.45, 2.75) is 25.4 Å². The zero-order valence-corrected chi connectivity index (χ0v) is 17.6. The molecule has 4 N–H and O–H groups in total. The van der Waals surface area contributed by atoms with Gasteiger partial charge in [0.2, 0.25) is 11.8 Å². The molecule has 1 aromatic heterocycles. The molecular weight excluding hydrogens is 410 g/mol. The number of hydrogen-bond acceptors (Lipinski definition) is 7. The van der Waals surface area contributed by atoms with Crippen LogP contribution >= 0.6 is 0 Å². The Kier molecular flexibility index (Phi) is 6.18. The van der Waals surface area contributed by atoms with Gasteiger partial charge in [0.05, 0.1) is 37.6 Å². The molecule has 0 spiro atoms. The van der Waals surface area contributed by atoms with Crippen LogP contribution in [0.4, 0.5) is 11.5 Å². The van der Waals surface area contributed by atoms with Crippen LogP contribution in [-0.4, -0.2) is 51.8 Å². The first-order chi connectivity index (χ1) is 15.5. The monoisotopic (exact) mass is 435 g/mol. The van der Waals surface area contributed by atoms with Crippen LogP contribution in [0.5, 0.6) is 0 Å². The van der Waals surface area contributed by atoms with Crippen LogP contribution in [0.2, 0.25) is 0 Å². The molecule has 9 nitrogen and oxygen atoms in total. The molecule has 0 bridgehead atoms. The first-order valence-electron chi connectivity index (χ1n) is 10.4. The molecule has 1 fully saturated rings. The lowest BCUT2D eigenvalue weighted by molar-refractivity contribution is -0.135. The van der Waals surface area contributed by atoms with Crippen molar-refractivity contribution in [2.24, 2.45) is 5.92 Å². The summed E-state index contributed by atoms with van der Waals surface area (Å²) in [6, 6.07) is 12.6. The lowest BCUT2D eigenvalue weighted by Crippen LogP contribution is -2.43. The van der Waals surface area contributed by atoms with Crippen molar-refractivity contribution in [3.63, 3.8) is 0 Å². The molecule has 1 saturated heterocycles. The highest BCUT2D eigenvalue weighted by Crippen LogP contribution is 2.39. The van der Waals surface area contributed by atoms with E-state index < -0.39 is 5.92 Å². The van der Waals surface area contributed by atoms with Gasteiger partial charge in [-0.3, -0.25) is 14.4 Å². The molecule has 0 radical (unpaired) electrons. The van der Waals surface area contributed by atoms with Gasteiger partial charge in [0.1, 0.15) is 5.82 Å². The molecule has 0 saturated carbocycles. The van der Waals surface area contributed by atoms with Crippen molar-refractivity contribution in [3.05, 3.63) is 66.1 Å². The Morgan fingerprint density at radius 2 is 2.03 bits per heavy atom. The largest absolute Gasteiger partial charge is 0.396 e. The number of anilines is 2. The van der Waals surface area contributed by atoms with Gasteiger partial charge in [0, 0.05) is 30.7 Å². The standard InChI is InChI=1S/C23H25N5O4/c1-14(30)25-19-11-15(7-9-24-19)22-23(26-16-5-3-2-4-6-16)21-17(27-22)12-28(13-18(21)31)20(32)8-10-29/h2-7,9,11-12,21-23,26-27,29H,8,10,13H2,1H3,(H,24,25,30). The second-order valence-corrected chi connectivity index (χ2v) is 7.84. The topological polar surface area (TPSA) is 124 Å². The zero-order chi connectivity index (χ0) is 22.7. The van der Waals surface area contributed by atoms with E-state index in [0.29, 0.717) is 11.5 Å². The number of nitrogens with one attached hydrogen (secondary N) is 3. The van der Waals surface area contributed by atoms with Crippen molar-refractivity contribution in [3.8, 4) is 0 Å². The van der Waals surface area contributed by atoms with E-state index in [1.54, 1.807) is 18.5 Å². The number of Topliss-reactive ketones (excluding diaryl/α,β-unsaturated/α-hetero) is 1. The van der Waals surface area contributed by atoms with Crippen LogP contribution in [0, 0.1) is 5.92 Å². The number of ketones is 1. The smallest absolute Gasteiger partial charge is 0.229 e. The maximum absolute atomic E-state index is 13.1. The van der Waals surface area contributed by atoms with Gasteiger partial charge in [-0.1, -0.05) is 18.2 Å². The average Bonchev–Trinajstić information content (AvgIpc) is 3.13. The van der Waals surface area contributed by atoms with Gasteiger partial charge in [-0.25, -0.2) is 4.98 Å². The van der Waals surface area contributed by atoms with Crippen LogP contribution in [0.3, 0.4) is 0 Å². The number of carbonyl (C=O) groups excluding carboxylic acids is 3. The summed E-state index contributed by atoms with van der Waals surface area (Å²) in [5.41, 5.74) is 2.35. The molecule has 2 aliphatic heterocycles. The molecule has 32 heavy (non-hydrogen) atoms. The van der Waals surface area contributed by atoms with Gasteiger partial charge in [0.25, 0.3) is 0 Å². The number of hydrogen-bond donors (Lipinski definition) is 4. The molecule has 2 aliphatic rings. The van der Waals surface area contributed by atoms with Crippen LogP contribution in [0.25, 0.3) is 0 Å². The van der Waals surface area contributed by atoms with E-state index in [2.05, 4.69) is 20.9 Å². The molecule has 2 amide bonds. The summed E-state index contributed by atoms with van der Waals surface area (Å²) in [7, 11) is 0. The zero-order valence-electron chi connectivity index (χ0n) is 17.6. The van der Waals surface area contributed by atoms with Crippen molar-refractivity contribution in [2.75, 3.05) is 23.8 Å². The molecule has 3 atom stereocenters. The van der Waals surface area contributed by atoms with E-state index in [1.165, 1.54) is 11.8 Å². The third-order valence-corrected chi connectivity index (χ3v) is 5.54. The van der Waals surface area contributed by atoms with E-state index in [-0.39, 0.29) is 49.3 Å². The number of aliphatic hydroxyl groups excluding tert-OH is 1. The molecule has 3 heterocycles. The molecular formula is C23H25N5O4. The third-order valence-electron chi connectivity index (χ3n) is 5.54. The quantitative estimate of drug-likeness (QED) is 0.541. The highest BCUT2D eigenvalue weighted by Gasteiger charge is 2.47. The summed E-state index contributed by atoms with van der Waals surface area (Å²) in [5.74, 6) is -0.673. The van der Waals surface area contributed by atoms with Crippen LogP contribution in [0.15, 0.2) is 60.6 Å². The van der Waals surface area contributed by atoms with E-state index in [1.807, 2.05) is 36.4 Å². The van der Waals surface area contributed by atoms with Gasteiger partial charge in [-0.2, -0.15) is 0 Å². The normalized spacial score (nSPS) is 21.9. The van der Waals surface area contributed by atoms with Crippen LogP contribution in [-0.2, 0) is 14.4 Å². The summed E-state index contributed by atoms with van der Waals surface area (Å²) in [6.45, 7) is 1.10. The number of aliphatic hydroxyl groups is 1. The fourth-order valence-electron chi connectivity index (χ4n) is 4.19. The fraction of sp³-hybridized carbons (Fsp3) is 0.304. The second kappa shape index (κ2) is 9.19. The number of para-hydroxylation sites is 1. The van der Waals surface area contributed by atoms with E-state index in [9.17, 15) is 14.4 Å². The molecule has 0 aliphatic carbocycles. The summed E-state index contributed by atoms with van der Waals surface area (Å²) in [5, 5.41) is 18.6. The number of fused-ring (bicyclic) bond motifs is 1. The Balaban J connectivity index is 1.70. The molecule has 4 rings (SSSR count). The minimum absolute atomic E-state index is 0.0398. The van der Waals surface area contributed by atoms with E-state index in [4.69, 9.17) is 5.11 Å². The minimum atomic E-state index is -0.476. The van der Waals surface area contributed by atoms with E-state index in [0.717, 1.165) is 11.3 Å². The number of aromatic nitrogens is 1. The SMILES string of the molecule is CC(=O)Nc1cc(C2NC3=CN(C(=O)CCO)CC(=O)C3C2Nc2ccccc2)ccn1. The van der Waals surface area contributed by atoms with Crippen LogP contribution < -0.4 is 16.0 Å². The van der Waals surface area contributed by atoms with E-state index >= 15 is 0 Å². The molecule has 2 aromatic rings. The number of amides is 2. The number of pyridine rings is 1.